The Morgan fingerprint density at radius 2 is 1.55 bits per heavy atom. The van der Waals surface area contributed by atoms with E-state index in [1.54, 1.807) is 0 Å². The summed E-state index contributed by atoms with van der Waals surface area (Å²) in [5, 5.41) is 2.27. The standard InChI is InChI=1S/C10H13FN2O5S2/c1-7(10(14)12-2)13-20(17,18)9-5-3-8(4-6-9)19(11,15)16/h3-7,13H,1-2H3,(H,12,14)/t7-/m0/s1. The normalized spacial score (nSPS) is 13.8. The molecule has 1 aromatic carbocycles. The van der Waals surface area contributed by atoms with Crippen LogP contribution in [-0.4, -0.2) is 35.8 Å². The molecule has 0 fully saturated rings. The highest BCUT2D eigenvalue weighted by Crippen LogP contribution is 2.16. The second-order valence-corrected chi connectivity index (χ2v) is 6.93. The largest absolute Gasteiger partial charge is 0.358 e. The van der Waals surface area contributed by atoms with Crippen LogP contribution in [0.2, 0.25) is 0 Å². The van der Waals surface area contributed by atoms with Crippen LogP contribution >= 0.6 is 0 Å². The van der Waals surface area contributed by atoms with E-state index < -0.39 is 37.1 Å². The molecule has 0 aliphatic rings. The summed E-state index contributed by atoms with van der Waals surface area (Å²) in [7, 11) is -7.53. The second-order valence-electron chi connectivity index (χ2n) is 3.87. The number of benzene rings is 1. The molecule has 0 aromatic heterocycles. The molecule has 2 N–H and O–H groups in total. The third-order valence-electron chi connectivity index (χ3n) is 2.39. The monoisotopic (exact) mass is 324 g/mol. The molecule has 0 radical (unpaired) electrons. The number of sulfonamides is 1. The first kappa shape index (κ1) is 16.5. The number of amides is 1. The van der Waals surface area contributed by atoms with Gasteiger partial charge >= 0.3 is 10.2 Å². The molecular weight excluding hydrogens is 311 g/mol. The minimum absolute atomic E-state index is 0.277. The molecule has 1 amide bonds. The average Bonchev–Trinajstić information content (AvgIpc) is 2.36. The molecule has 7 nitrogen and oxygen atoms in total. The minimum atomic E-state index is -4.88. The van der Waals surface area contributed by atoms with E-state index in [0.29, 0.717) is 0 Å². The third-order valence-corrected chi connectivity index (χ3v) is 4.78. The summed E-state index contributed by atoms with van der Waals surface area (Å²) < 4.78 is 59.8. The van der Waals surface area contributed by atoms with E-state index in [1.165, 1.54) is 14.0 Å². The van der Waals surface area contributed by atoms with Crippen LogP contribution in [-0.2, 0) is 25.0 Å². The number of nitrogens with one attached hydrogen (secondary N) is 2. The van der Waals surface area contributed by atoms with E-state index >= 15 is 0 Å². The van der Waals surface area contributed by atoms with Gasteiger partial charge in [-0.05, 0) is 31.2 Å². The van der Waals surface area contributed by atoms with Crippen LogP contribution in [0.15, 0.2) is 34.1 Å². The first-order valence-corrected chi connectivity index (χ1v) is 8.23. The Morgan fingerprint density at radius 3 is 1.95 bits per heavy atom. The molecule has 1 atom stereocenters. The molecule has 0 heterocycles. The maximum atomic E-state index is 12.7. The van der Waals surface area contributed by atoms with Gasteiger partial charge in [0.15, 0.2) is 0 Å². The first-order valence-electron chi connectivity index (χ1n) is 5.36. The van der Waals surface area contributed by atoms with Crippen LogP contribution in [0, 0.1) is 0 Å². The molecule has 0 unspecified atom stereocenters. The van der Waals surface area contributed by atoms with Crippen molar-refractivity contribution in [1.82, 2.24) is 10.0 Å². The smallest absolute Gasteiger partial charge is 0.332 e. The van der Waals surface area contributed by atoms with Gasteiger partial charge in [0, 0.05) is 7.05 Å². The fourth-order valence-electron chi connectivity index (χ4n) is 1.35. The van der Waals surface area contributed by atoms with Crippen molar-refractivity contribution in [2.24, 2.45) is 0 Å². The molecule has 20 heavy (non-hydrogen) atoms. The summed E-state index contributed by atoms with van der Waals surface area (Å²) in [5.74, 6) is -0.531. The van der Waals surface area contributed by atoms with E-state index in [9.17, 15) is 25.5 Å². The zero-order valence-corrected chi connectivity index (χ0v) is 12.3. The molecule has 10 heteroatoms. The number of likely N-dealkylation sites (N-methyl/N-ethyl adjacent to an activating group) is 1. The Labute approximate surface area is 116 Å². The van der Waals surface area contributed by atoms with Gasteiger partial charge in [0.1, 0.15) is 0 Å². The van der Waals surface area contributed by atoms with Crippen molar-refractivity contribution >= 4 is 26.2 Å². The van der Waals surface area contributed by atoms with Gasteiger partial charge in [0.05, 0.1) is 15.8 Å². The summed E-state index contributed by atoms with van der Waals surface area (Å²) in [4.78, 5) is 10.3. The Hall–Kier alpha value is -1.52. The predicted octanol–water partition coefficient (Wildman–Crippen LogP) is -0.242. The molecule has 0 aliphatic carbocycles. The van der Waals surface area contributed by atoms with Crippen LogP contribution in [0.25, 0.3) is 0 Å². The quantitative estimate of drug-likeness (QED) is 0.726. The Bertz CT molecular complexity index is 698. The zero-order chi connectivity index (χ0) is 15.6. The molecule has 0 bridgehead atoms. The van der Waals surface area contributed by atoms with Crippen LogP contribution in [0.1, 0.15) is 6.92 Å². The molecule has 0 aliphatic heterocycles. The van der Waals surface area contributed by atoms with Gasteiger partial charge in [-0.2, -0.15) is 13.1 Å². The van der Waals surface area contributed by atoms with E-state index in [-0.39, 0.29) is 4.90 Å². The van der Waals surface area contributed by atoms with E-state index in [1.807, 2.05) is 0 Å². The lowest BCUT2D eigenvalue weighted by Crippen LogP contribution is -2.43. The summed E-state index contributed by atoms with van der Waals surface area (Å²) in [6.45, 7) is 1.34. The van der Waals surface area contributed by atoms with E-state index in [0.717, 1.165) is 24.3 Å². The summed E-state index contributed by atoms with van der Waals surface area (Å²) in [5.41, 5.74) is 0. The highest BCUT2D eigenvalue weighted by molar-refractivity contribution is 7.89. The summed E-state index contributed by atoms with van der Waals surface area (Å²) in [6, 6.07) is 2.52. The maximum absolute atomic E-state index is 12.7. The lowest BCUT2D eigenvalue weighted by Gasteiger charge is -2.12. The number of carbonyl (C=O) groups excluding carboxylic acids is 1. The van der Waals surface area contributed by atoms with Gasteiger partial charge in [0.2, 0.25) is 15.9 Å². The molecule has 112 valence electrons. The van der Waals surface area contributed by atoms with E-state index in [2.05, 4.69) is 10.0 Å². The van der Waals surface area contributed by atoms with Gasteiger partial charge in [-0.25, -0.2) is 8.42 Å². The van der Waals surface area contributed by atoms with Crippen LogP contribution in [0.5, 0.6) is 0 Å². The zero-order valence-electron chi connectivity index (χ0n) is 10.6. The fourth-order valence-corrected chi connectivity index (χ4v) is 3.02. The summed E-state index contributed by atoms with van der Waals surface area (Å²) in [6.07, 6.45) is 0. The van der Waals surface area contributed by atoms with Crippen molar-refractivity contribution in [1.29, 1.82) is 0 Å². The van der Waals surface area contributed by atoms with Crippen LogP contribution in [0.3, 0.4) is 0 Å². The number of carbonyl (C=O) groups is 1. The maximum Gasteiger partial charge on any atom is 0.332 e. The number of hydrogen-bond acceptors (Lipinski definition) is 5. The van der Waals surface area contributed by atoms with Crippen molar-refractivity contribution < 1.29 is 25.5 Å². The highest BCUT2D eigenvalue weighted by Gasteiger charge is 2.22. The lowest BCUT2D eigenvalue weighted by atomic mass is 10.3. The summed E-state index contributed by atoms with van der Waals surface area (Å²) >= 11 is 0. The molecule has 0 saturated carbocycles. The Morgan fingerprint density at radius 1 is 1.10 bits per heavy atom. The van der Waals surface area contributed by atoms with Crippen LogP contribution < -0.4 is 10.0 Å². The van der Waals surface area contributed by atoms with Crippen molar-refractivity contribution in [3.8, 4) is 0 Å². The second kappa shape index (κ2) is 5.85. The Balaban J connectivity index is 3.03. The molecule has 0 spiro atoms. The number of halogens is 1. The average molecular weight is 324 g/mol. The number of hydrogen-bond donors (Lipinski definition) is 2. The third kappa shape index (κ3) is 3.99. The predicted molar refractivity (Wildman–Crippen MR) is 68.6 cm³/mol. The van der Waals surface area contributed by atoms with Gasteiger partial charge in [-0.15, -0.1) is 3.89 Å². The van der Waals surface area contributed by atoms with Crippen molar-refractivity contribution in [3.05, 3.63) is 24.3 Å². The van der Waals surface area contributed by atoms with Gasteiger partial charge in [-0.1, -0.05) is 0 Å². The van der Waals surface area contributed by atoms with Gasteiger partial charge in [0.25, 0.3) is 0 Å². The molecule has 1 aromatic rings. The van der Waals surface area contributed by atoms with Crippen molar-refractivity contribution in [2.75, 3.05) is 7.05 Å². The molecular formula is C10H13FN2O5S2. The lowest BCUT2D eigenvalue weighted by molar-refractivity contribution is -0.121. The number of rotatable bonds is 5. The van der Waals surface area contributed by atoms with Gasteiger partial charge < -0.3 is 5.32 Å². The Kier molecular flexibility index (Phi) is 4.84. The fraction of sp³-hybridized carbons (Fsp3) is 0.300. The van der Waals surface area contributed by atoms with Gasteiger partial charge in [-0.3, -0.25) is 4.79 Å². The highest BCUT2D eigenvalue weighted by atomic mass is 32.3. The first-order chi connectivity index (χ1) is 9.08. The minimum Gasteiger partial charge on any atom is -0.358 e. The van der Waals surface area contributed by atoms with Crippen molar-refractivity contribution in [3.63, 3.8) is 0 Å². The molecule has 1 rings (SSSR count). The SMILES string of the molecule is CNC(=O)[C@H](C)NS(=O)(=O)c1ccc(S(=O)(=O)F)cc1. The van der Waals surface area contributed by atoms with Crippen LogP contribution in [0.4, 0.5) is 3.89 Å². The van der Waals surface area contributed by atoms with E-state index in [4.69, 9.17) is 0 Å². The topological polar surface area (TPSA) is 109 Å². The molecule has 0 saturated heterocycles. The van der Waals surface area contributed by atoms with Crippen molar-refractivity contribution in [2.45, 2.75) is 22.8 Å².